The summed E-state index contributed by atoms with van der Waals surface area (Å²) in [6.07, 6.45) is 5.55. The van der Waals surface area contributed by atoms with Crippen LogP contribution in [0.15, 0.2) is 60.8 Å². The molecule has 0 saturated heterocycles. The third kappa shape index (κ3) is 6.60. The molecular formula is C34H38N2O8. The number of fused-ring (bicyclic) bond motifs is 3. The van der Waals surface area contributed by atoms with Crippen molar-refractivity contribution >= 4 is 23.1 Å². The number of aromatic amines is 1. The van der Waals surface area contributed by atoms with Crippen LogP contribution in [0.4, 0.5) is 0 Å². The van der Waals surface area contributed by atoms with Crippen LogP contribution in [-0.4, -0.2) is 57.0 Å². The monoisotopic (exact) mass is 602 g/mol. The van der Waals surface area contributed by atoms with Gasteiger partial charge in [0.25, 0.3) is 0 Å². The van der Waals surface area contributed by atoms with Gasteiger partial charge >= 0.3 is 0 Å². The zero-order valence-corrected chi connectivity index (χ0v) is 25.1. The highest BCUT2D eigenvalue weighted by Crippen LogP contribution is 2.44. The first-order valence-corrected chi connectivity index (χ1v) is 14.6. The van der Waals surface area contributed by atoms with Gasteiger partial charge in [0.1, 0.15) is 6.29 Å². The van der Waals surface area contributed by atoms with Crippen molar-refractivity contribution < 1.29 is 38.4 Å². The van der Waals surface area contributed by atoms with Crippen LogP contribution in [0, 0.1) is 11.8 Å². The summed E-state index contributed by atoms with van der Waals surface area (Å²) in [5.41, 5.74) is 4.31. The highest BCUT2D eigenvalue weighted by Gasteiger charge is 2.39. The van der Waals surface area contributed by atoms with Gasteiger partial charge in [0.15, 0.2) is 23.0 Å². The van der Waals surface area contributed by atoms with Gasteiger partial charge in [0.05, 0.1) is 26.9 Å². The molecule has 2 unspecified atom stereocenters. The zero-order valence-electron chi connectivity index (χ0n) is 25.1. The van der Waals surface area contributed by atoms with Gasteiger partial charge in [-0.2, -0.15) is 0 Å². The fourth-order valence-electron chi connectivity index (χ4n) is 5.95. The fraction of sp³-hybridized carbons (Fsp3) is 0.353. The topological polar surface area (TPSA) is 128 Å². The number of phenols is 1. The lowest BCUT2D eigenvalue weighted by Gasteiger charge is -2.37. The number of aryl methyl sites for hydroxylation is 1. The van der Waals surface area contributed by atoms with E-state index in [2.05, 4.69) is 22.4 Å². The minimum absolute atomic E-state index is 0.0314. The van der Waals surface area contributed by atoms with E-state index in [9.17, 15) is 14.7 Å². The summed E-state index contributed by atoms with van der Waals surface area (Å²) >= 11 is 0. The first-order valence-electron chi connectivity index (χ1n) is 14.6. The molecule has 3 aromatic carbocycles. The van der Waals surface area contributed by atoms with Crippen molar-refractivity contribution in [2.75, 3.05) is 34.7 Å². The van der Waals surface area contributed by atoms with Crippen LogP contribution < -0.4 is 24.3 Å². The van der Waals surface area contributed by atoms with Gasteiger partial charge in [-0.15, -0.1) is 0 Å². The average molecular weight is 603 g/mol. The summed E-state index contributed by atoms with van der Waals surface area (Å²) in [6, 6.07) is 16.8. The Labute approximate surface area is 256 Å². The summed E-state index contributed by atoms with van der Waals surface area (Å²) in [5, 5.41) is 13.7. The molecule has 3 N–H and O–H groups in total. The van der Waals surface area contributed by atoms with Crippen molar-refractivity contribution in [1.29, 1.82) is 0 Å². The second-order valence-corrected chi connectivity index (χ2v) is 10.8. The molecule has 1 aromatic heterocycles. The number of hydrogen-bond donors (Lipinski definition) is 3. The first-order chi connectivity index (χ1) is 21.5. The smallest absolute Gasteiger partial charge is 0.231 e. The highest BCUT2D eigenvalue weighted by atomic mass is 16.7. The van der Waals surface area contributed by atoms with E-state index in [1.807, 2.05) is 30.5 Å². The number of phenolic OH excluding ortho intramolecular Hbond substituents is 1. The molecule has 1 amide bonds. The molecule has 3 atom stereocenters. The maximum Gasteiger partial charge on any atom is 0.231 e. The number of carbonyl (C=O) groups is 2. The number of aromatic hydroxyl groups is 1. The fourth-order valence-corrected chi connectivity index (χ4v) is 5.95. The van der Waals surface area contributed by atoms with Gasteiger partial charge in [-0.05, 0) is 66.3 Å². The number of H-pyrrole nitrogens is 1. The number of methoxy groups -OCH3 is 3. The second kappa shape index (κ2) is 14.2. The molecule has 10 heteroatoms. The molecule has 0 bridgehead atoms. The number of aromatic nitrogens is 1. The number of amides is 1. The molecule has 0 saturated carbocycles. The van der Waals surface area contributed by atoms with E-state index in [1.165, 1.54) is 25.2 Å². The van der Waals surface area contributed by atoms with Crippen LogP contribution in [0.3, 0.4) is 0 Å². The molecule has 4 aromatic rings. The number of rotatable bonds is 10. The maximum atomic E-state index is 13.0. The molecule has 6 rings (SSSR count). The molecule has 1 aliphatic carbocycles. The highest BCUT2D eigenvalue weighted by molar-refractivity contribution is 5.83. The van der Waals surface area contributed by atoms with Gasteiger partial charge in [-0.3, -0.25) is 4.79 Å². The molecule has 44 heavy (non-hydrogen) atoms. The Hall–Kier alpha value is -4.70. The first kappa shape index (κ1) is 30.7. The number of para-hydroxylation sites is 2. The van der Waals surface area contributed by atoms with Crippen LogP contribution >= 0.6 is 0 Å². The molecule has 10 nitrogen and oxygen atoms in total. The van der Waals surface area contributed by atoms with Gasteiger partial charge in [-0.25, -0.2) is 0 Å². The molecule has 232 valence electrons. The molecule has 2 heterocycles. The SMILES string of the molecule is COCC1C(NC(=O)CCCc2c[nH]c3ccccc23)c2cc3c(cc2C[C@H]1C=O)OCO3.COc1cccc(OC)c1O. The zero-order chi connectivity index (χ0) is 31.1. The molecule has 0 radical (unpaired) electrons. The van der Waals surface area contributed by atoms with Crippen LogP contribution in [0.1, 0.15) is 35.6 Å². The van der Waals surface area contributed by atoms with E-state index in [1.54, 1.807) is 25.3 Å². The molecule has 1 aliphatic heterocycles. The van der Waals surface area contributed by atoms with Gasteiger partial charge in [-0.1, -0.05) is 24.3 Å². The average Bonchev–Trinajstić information content (AvgIpc) is 3.68. The van der Waals surface area contributed by atoms with Crippen molar-refractivity contribution in [2.45, 2.75) is 31.7 Å². The van der Waals surface area contributed by atoms with E-state index in [-0.39, 0.29) is 36.3 Å². The Morgan fingerprint density at radius 3 is 2.48 bits per heavy atom. The van der Waals surface area contributed by atoms with E-state index in [0.29, 0.717) is 42.4 Å². The Balaban J connectivity index is 0.000000296. The van der Waals surface area contributed by atoms with Crippen LogP contribution in [0.5, 0.6) is 28.7 Å². The van der Waals surface area contributed by atoms with Gasteiger partial charge in [0, 0.05) is 42.5 Å². The number of ether oxygens (including phenoxy) is 5. The Morgan fingerprint density at radius 2 is 1.77 bits per heavy atom. The largest absolute Gasteiger partial charge is 0.502 e. The normalized spacial score (nSPS) is 18.1. The third-order valence-electron chi connectivity index (χ3n) is 8.18. The quantitative estimate of drug-likeness (QED) is 0.214. The minimum atomic E-state index is -0.320. The lowest BCUT2D eigenvalue weighted by molar-refractivity contribution is -0.124. The summed E-state index contributed by atoms with van der Waals surface area (Å²) < 4.78 is 26.2. The lowest BCUT2D eigenvalue weighted by Crippen LogP contribution is -2.43. The van der Waals surface area contributed by atoms with Crippen molar-refractivity contribution in [2.24, 2.45) is 11.8 Å². The number of hydrogen-bond acceptors (Lipinski definition) is 8. The summed E-state index contributed by atoms with van der Waals surface area (Å²) in [4.78, 5) is 28.2. The van der Waals surface area contributed by atoms with Crippen molar-refractivity contribution in [3.8, 4) is 28.7 Å². The van der Waals surface area contributed by atoms with Gasteiger partial charge < -0.3 is 43.9 Å². The van der Waals surface area contributed by atoms with Crippen LogP contribution in [0.2, 0.25) is 0 Å². The molecular weight excluding hydrogens is 564 g/mol. The number of benzene rings is 3. The lowest BCUT2D eigenvalue weighted by atomic mass is 9.73. The predicted molar refractivity (Wildman–Crippen MR) is 165 cm³/mol. The Morgan fingerprint density at radius 1 is 1.05 bits per heavy atom. The van der Waals surface area contributed by atoms with E-state index < -0.39 is 0 Å². The van der Waals surface area contributed by atoms with Crippen molar-refractivity contribution in [3.05, 3.63) is 77.5 Å². The number of aldehydes is 1. The predicted octanol–water partition coefficient (Wildman–Crippen LogP) is 5.12. The third-order valence-corrected chi connectivity index (χ3v) is 8.18. The maximum absolute atomic E-state index is 13.0. The summed E-state index contributed by atoms with van der Waals surface area (Å²) in [5.74, 6) is 1.83. The number of carbonyl (C=O) groups excluding carboxylic acids is 2. The molecule has 0 spiro atoms. The van der Waals surface area contributed by atoms with Crippen LogP contribution in [-0.2, 0) is 27.2 Å². The van der Waals surface area contributed by atoms with Crippen molar-refractivity contribution in [1.82, 2.24) is 10.3 Å². The molecule has 2 aliphatic rings. The standard InChI is InChI=1S/C26H28N2O5.C8H10O3/c1-31-14-21-18(13-29)9-17-10-23-24(33-15-32-23)11-20(17)26(21)28-25(30)8-4-5-16-12-27-22-7-3-2-6-19(16)22;1-10-6-4-3-5-7(11-2)8(6)9/h2-3,6-7,10-13,18,21,26-27H,4-5,8-9,14-15H2,1H3,(H,28,30);3-5,9H,1-2H3/t18-,21?,26?;/m0./s1. The number of nitrogens with one attached hydrogen (secondary N) is 2. The molecule has 0 fully saturated rings. The van der Waals surface area contributed by atoms with Gasteiger partial charge in [0.2, 0.25) is 18.4 Å². The second-order valence-electron chi connectivity index (χ2n) is 10.8. The Kier molecular flexibility index (Phi) is 9.91. The minimum Gasteiger partial charge on any atom is -0.502 e. The van der Waals surface area contributed by atoms with Crippen LogP contribution in [0.25, 0.3) is 10.9 Å². The van der Waals surface area contributed by atoms with Crippen molar-refractivity contribution in [3.63, 3.8) is 0 Å². The Bertz CT molecular complexity index is 1580. The van der Waals surface area contributed by atoms with E-state index >= 15 is 0 Å². The summed E-state index contributed by atoms with van der Waals surface area (Å²) in [7, 11) is 4.61. The summed E-state index contributed by atoms with van der Waals surface area (Å²) in [6.45, 7) is 0.569. The van der Waals surface area contributed by atoms with E-state index in [0.717, 1.165) is 35.8 Å². The van der Waals surface area contributed by atoms with E-state index in [4.69, 9.17) is 23.7 Å².